The van der Waals surface area contributed by atoms with Crippen molar-refractivity contribution in [1.82, 2.24) is 5.32 Å². The van der Waals surface area contributed by atoms with Crippen LogP contribution in [-0.2, 0) is 6.54 Å². The summed E-state index contributed by atoms with van der Waals surface area (Å²) in [7, 11) is 3.19. The van der Waals surface area contributed by atoms with Crippen LogP contribution in [0, 0.1) is 6.92 Å². The van der Waals surface area contributed by atoms with E-state index in [1.165, 1.54) is 0 Å². The summed E-state index contributed by atoms with van der Waals surface area (Å²) in [6, 6.07) is 18.5. The molecule has 0 bridgehead atoms. The lowest BCUT2D eigenvalue weighted by molar-refractivity contribution is 0.0951. The van der Waals surface area contributed by atoms with Crippen molar-refractivity contribution in [3.63, 3.8) is 0 Å². The zero-order chi connectivity index (χ0) is 20.8. The number of methoxy groups -OCH3 is 2. The molecule has 1 amide bonds. The van der Waals surface area contributed by atoms with E-state index in [1.54, 1.807) is 26.4 Å². The summed E-state index contributed by atoms with van der Waals surface area (Å²) in [6.45, 7) is 2.28. The molecule has 0 saturated carbocycles. The zero-order valence-electron chi connectivity index (χ0n) is 16.6. The molecule has 0 spiro atoms. The van der Waals surface area contributed by atoms with Crippen LogP contribution in [0.25, 0.3) is 0 Å². The van der Waals surface area contributed by atoms with Crippen LogP contribution in [0.4, 0.5) is 11.4 Å². The van der Waals surface area contributed by atoms with E-state index in [2.05, 4.69) is 10.6 Å². The number of anilines is 2. The van der Waals surface area contributed by atoms with E-state index in [0.29, 0.717) is 34.3 Å². The van der Waals surface area contributed by atoms with Crippen LogP contribution in [0.3, 0.4) is 0 Å². The van der Waals surface area contributed by atoms with Crippen LogP contribution < -0.4 is 20.1 Å². The van der Waals surface area contributed by atoms with Gasteiger partial charge in [0.2, 0.25) is 0 Å². The molecule has 0 fully saturated rings. The normalized spacial score (nSPS) is 10.3. The largest absolute Gasteiger partial charge is 0.497 e. The average Bonchev–Trinajstić information content (AvgIpc) is 2.75. The van der Waals surface area contributed by atoms with E-state index >= 15 is 0 Å². The fourth-order valence-electron chi connectivity index (χ4n) is 2.92. The Hall–Kier alpha value is -3.18. The van der Waals surface area contributed by atoms with Crippen molar-refractivity contribution in [3.8, 4) is 11.5 Å². The lowest BCUT2D eigenvalue weighted by Gasteiger charge is -2.15. The number of ether oxygens (including phenoxy) is 2. The smallest absolute Gasteiger partial charge is 0.253 e. The topological polar surface area (TPSA) is 59.6 Å². The van der Waals surface area contributed by atoms with Crippen molar-refractivity contribution in [1.29, 1.82) is 0 Å². The maximum Gasteiger partial charge on any atom is 0.253 e. The SMILES string of the molecule is COc1cc(CNC(=O)c2ccccc2Nc2cccc(Cl)c2C)cc(OC)c1. The third-order valence-electron chi connectivity index (χ3n) is 4.57. The van der Waals surface area contributed by atoms with Crippen LogP contribution in [-0.4, -0.2) is 20.1 Å². The molecule has 0 aromatic heterocycles. The highest BCUT2D eigenvalue weighted by atomic mass is 35.5. The standard InChI is InChI=1S/C23H23ClN2O3/c1-15-20(24)8-6-10-21(15)26-22-9-5-4-7-19(22)23(27)25-14-16-11-17(28-2)13-18(12-16)29-3/h4-13,26H,14H2,1-3H3,(H,25,27). The molecule has 0 radical (unpaired) electrons. The number of rotatable bonds is 7. The summed E-state index contributed by atoms with van der Waals surface area (Å²) in [5.41, 5.74) is 3.91. The molecular weight excluding hydrogens is 388 g/mol. The Balaban J connectivity index is 1.78. The molecular formula is C23H23ClN2O3. The Morgan fingerprint density at radius 2 is 1.59 bits per heavy atom. The van der Waals surface area contributed by atoms with Crippen LogP contribution >= 0.6 is 11.6 Å². The van der Waals surface area contributed by atoms with Crippen LogP contribution in [0.15, 0.2) is 60.7 Å². The van der Waals surface area contributed by atoms with Gasteiger partial charge in [0.15, 0.2) is 0 Å². The number of halogens is 1. The van der Waals surface area contributed by atoms with Crippen molar-refractivity contribution in [2.75, 3.05) is 19.5 Å². The predicted octanol–water partition coefficient (Wildman–Crippen LogP) is 5.34. The van der Waals surface area contributed by atoms with Crippen molar-refractivity contribution in [2.24, 2.45) is 0 Å². The van der Waals surface area contributed by atoms with Crippen LogP contribution in [0.5, 0.6) is 11.5 Å². The lowest BCUT2D eigenvalue weighted by atomic mass is 10.1. The molecule has 0 unspecified atom stereocenters. The summed E-state index contributed by atoms with van der Waals surface area (Å²) in [6.07, 6.45) is 0. The van der Waals surface area contributed by atoms with Gasteiger partial charge in [0, 0.05) is 23.3 Å². The van der Waals surface area contributed by atoms with Gasteiger partial charge in [-0.25, -0.2) is 0 Å². The molecule has 0 saturated heterocycles. The van der Waals surface area contributed by atoms with E-state index in [0.717, 1.165) is 16.8 Å². The van der Waals surface area contributed by atoms with E-state index in [4.69, 9.17) is 21.1 Å². The highest BCUT2D eigenvalue weighted by Crippen LogP contribution is 2.28. The fourth-order valence-corrected chi connectivity index (χ4v) is 3.10. The van der Waals surface area contributed by atoms with E-state index in [1.807, 2.05) is 55.5 Å². The number of nitrogens with one attached hydrogen (secondary N) is 2. The van der Waals surface area contributed by atoms with E-state index in [9.17, 15) is 4.79 Å². The van der Waals surface area contributed by atoms with Crippen molar-refractivity contribution in [2.45, 2.75) is 13.5 Å². The van der Waals surface area contributed by atoms with Crippen molar-refractivity contribution < 1.29 is 14.3 Å². The first-order chi connectivity index (χ1) is 14.0. The molecule has 0 heterocycles. The highest BCUT2D eigenvalue weighted by molar-refractivity contribution is 6.31. The highest BCUT2D eigenvalue weighted by Gasteiger charge is 2.13. The quantitative estimate of drug-likeness (QED) is 0.552. The molecule has 0 aliphatic carbocycles. The molecule has 3 aromatic carbocycles. The minimum Gasteiger partial charge on any atom is -0.497 e. The van der Waals surface area contributed by atoms with Gasteiger partial charge in [-0.3, -0.25) is 4.79 Å². The van der Waals surface area contributed by atoms with Gasteiger partial charge in [0.05, 0.1) is 25.5 Å². The number of hydrogen-bond acceptors (Lipinski definition) is 4. The molecule has 0 aliphatic rings. The monoisotopic (exact) mass is 410 g/mol. The molecule has 0 aliphatic heterocycles. The van der Waals surface area contributed by atoms with Crippen LogP contribution in [0.1, 0.15) is 21.5 Å². The number of carbonyl (C=O) groups is 1. The predicted molar refractivity (Wildman–Crippen MR) is 117 cm³/mol. The lowest BCUT2D eigenvalue weighted by Crippen LogP contribution is -2.23. The van der Waals surface area contributed by atoms with E-state index in [-0.39, 0.29) is 5.91 Å². The average molecular weight is 411 g/mol. The Bertz CT molecular complexity index is 999. The molecule has 0 atom stereocenters. The molecule has 2 N–H and O–H groups in total. The third-order valence-corrected chi connectivity index (χ3v) is 4.98. The number of benzene rings is 3. The van der Waals surface area contributed by atoms with Gasteiger partial charge in [-0.05, 0) is 54.4 Å². The Kier molecular flexibility index (Phi) is 6.62. The molecule has 150 valence electrons. The minimum absolute atomic E-state index is 0.186. The molecule has 6 heteroatoms. The van der Waals surface area contributed by atoms with Gasteiger partial charge in [-0.15, -0.1) is 0 Å². The number of carbonyl (C=O) groups excluding carboxylic acids is 1. The zero-order valence-corrected chi connectivity index (χ0v) is 17.3. The second kappa shape index (κ2) is 9.34. The van der Waals surface area contributed by atoms with E-state index < -0.39 is 0 Å². The van der Waals surface area contributed by atoms with Crippen molar-refractivity contribution >= 4 is 28.9 Å². The number of hydrogen-bond donors (Lipinski definition) is 2. The van der Waals surface area contributed by atoms with Gasteiger partial charge < -0.3 is 20.1 Å². The second-order valence-corrected chi connectivity index (χ2v) is 6.89. The van der Waals surface area contributed by atoms with Gasteiger partial charge in [0.1, 0.15) is 11.5 Å². The van der Waals surface area contributed by atoms with Gasteiger partial charge in [0.25, 0.3) is 5.91 Å². The van der Waals surface area contributed by atoms with Crippen molar-refractivity contribution in [3.05, 3.63) is 82.4 Å². The summed E-state index contributed by atoms with van der Waals surface area (Å²) in [5.74, 6) is 1.16. The maximum atomic E-state index is 12.9. The van der Waals surface area contributed by atoms with Gasteiger partial charge in [-0.2, -0.15) is 0 Å². The molecule has 5 nitrogen and oxygen atoms in total. The summed E-state index contributed by atoms with van der Waals surface area (Å²) >= 11 is 6.21. The summed E-state index contributed by atoms with van der Waals surface area (Å²) < 4.78 is 10.6. The summed E-state index contributed by atoms with van der Waals surface area (Å²) in [4.78, 5) is 12.9. The fraction of sp³-hybridized carbons (Fsp3) is 0.174. The number of para-hydroxylation sites is 1. The Labute approximate surface area is 175 Å². The molecule has 3 aromatic rings. The minimum atomic E-state index is -0.186. The maximum absolute atomic E-state index is 12.9. The van der Waals surface area contributed by atoms with Gasteiger partial charge >= 0.3 is 0 Å². The first-order valence-electron chi connectivity index (χ1n) is 9.13. The van der Waals surface area contributed by atoms with Crippen LogP contribution in [0.2, 0.25) is 5.02 Å². The second-order valence-electron chi connectivity index (χ2n) is 6.49. The third kappa shape index (κ3) is 5.00. The number of amides is 1. The Morgan fingerprint density at radius 3 is 2.28 bits per heavy atom. The molecule has 3 rings (SSSR count). The molecule has 29 heavy (non-hydrogen) atoms. The Morgan fingerprint density at radius 1 is 0.931 bits per heavy atom. The van der Waals surface area contributed by atoms with Gasteiger partial charge in [-0.1, -0.05) is 29.8 Å². The summed E-state index contributed by atoms with van der Waals surface area (Å²) in [5, 5.41) is 6.94. The first-order valence-corrected chi connectivity index (χ1v) is 9.51. The first kappa shape index (κ1) is 20.6.